The number of nitrogens with two attached hydrogens (primary N) is 1. The van der Waals surface area contributed by atoms with E-state index in [0.717, 1.165) is 21.7 Å². The van der Waals surface area contributed by atoms with E-state index >= 15 is 0 Å². The predicted octanol–water partition coefficient (Wildman–Crippen LogP) is 3.50. The molecule has 118 valence electrons. The predicted molar refractivity (Wildman–Crippen MR) is 91.2 cm³/mol. The molecule has 0 amide bonds. The number of hydrogen-bond donors (Lipinski definition) is 1. The number of rotatable bonds is 9. The Labute approximate surface area is 142 Å². The van der Waals surface area contributed by atoms with Crippen LogP contribution in [0.3, 0.4) is 0 Å². The molecule has 2 N–H and O–H groups in total. The van der Waals surface area contributed by atoms with Crippen LogP contribution < -0.4 is 10.5 Å². The summed E-state index contributed by atoms with van der Waals surface area (Å²) in [5.41, 5.74) is 5.71. The summed E-state index contributed by atoms with van der Waals surface area (Å²) in [5, 5.41) is 0.663. The third kappa shape index (κ3) is 7.40. The lowest BCUT2D eigenvalue weighted by Gasteiger charge is -2.11. The molecule has 0 fully saturated rings. The van der Waals surface area contributed by atoms with Crippen molar-refractivity contribution in [2.75, 3.05) is 24.7 Å². The monoisotopic (exact) mass is 395 g/mol. The van der Waals surface area contributed by atoms with Gasteiger partial charge in [0.15, 0.2) is 0 Å². The normalized spacial score (nSPS) is 12.0. The van der Waals surface area contributed by atoms with Gasteiger partial charge in [-0.05, 0) is 53.2 Å². The zero-order valence-electron chi connectivity index (χ0n) is 11.8. The van der Waals surface area contributed by atoms with Gasteiger partial charge in [-0.3, -0.25) is 4.79 Å². The van der Waals surface area contributed by atoms with Crippen LogP contribution in [-0.2, 0) is 9.53 Å². The van der Waals surface area contributed by atoms with Gasteiger partial charge in [-0.2, -0.15) is 11.8 Å². The summed E-state index contributed by atoms with van der Waals surface area (Å²) < 4.78 is 11.3. The molecule has 0 saturated carbocycles. The highest BCUT2D eigenvalue weighted by Crippen LogP contribution is 2.28. The first-order chi connectivity index (χ1) is 10.0. The van der Waals surface area contributed by atoms with Crippen molar-refractivity contribution >= 4 is 45.3 Å². The van der Waals surface area contributed by atoms with Gasteiger partial charge in [0.1, 0.15) is 11.8 Å². The lowest BCUT2D eigenvalue weighted by molar-refractivity contribution is -0.144. The van der Waals surface area contributed by atoms with Crippen LogP contribution in [0.2, 0.25) is 5.02 Å². The van der Waals surface area contributed by atoms with Crippen LogP contribution in [-0.4, -0.2) is 36.7 Å². The second-order valence-electron chi connectivity index (χ2n) is 4.18. The molecule has 0 radical (unpaired) electrons. The Balaban J connectivity index is 2.13. The van der Waals surface area contributed by atoms with E-state index in [0.29, 0.717) is 24.7 Å². The van der Waals surface area contributed by atoms with Crippen LogP contribution in [0.4, 0.5) is 0 Å². The highest BCUT2D eigenvalue weighted by Gasteiger charge is 2.13. The first kappa shape index (κ1) is 18.6. The van der Waals surface area contributed by atoms with Crippen LogP contribution in [0.25, 0.3) is 0 Å². The van der Waals surface area contributed by atoms with Gasteiger partial charge in [0.2, 0.25) is 0 Å². The fourth-order valence-corrected chi connectivity index (χ4v) is 3.11. The highest BCUT2D eigenvalue weighted by atomic mass is 79.9. The van der Waals surface area contributed by atoms with Crippen molar-refractivity contribution in [2.45, 2.75) is 19.4 Å². The Bertz CT molecular complexity index is 462. The molecule has 4 nitrogen and oxygen atoms in total. The summed E-state index contributed by atoms with van der Waals surface area (Å²) in [6, 6.07) is 4.87. The number of halogens is 2. The number of carbonyl (C=O) groups excluding carboxylic acids is 1. The molecular weight excluding hydrogens is 378 g/mol. The minimum atomic E-state index is -0.538. The van der Waals surface area contributed by atoms with Gasteiger partial charge in [-0.1, -0.05) is 11.6 Å². The molecule has 0 bridgehead atoms. The van der Waals surface area contributed by atoms with Crippen molar-refractivity contribution in [2.24, 2.45) is 5.73 Å². The number of benzene rings is 1. The van der Waals surface area contributed by atoms with Crippen LogP contribution in [0.15, 0.2) is 22.7 Å². The van der Waals surface area contributed by atoms with Crippen molar-refractivity contribution < 1.29 is 14.3 Å². The largest absolute Gasteiger partial charge is 0.492 e. The molecule has 1 rings (SSSR count). The zero-order valence-corrected chi connectivity index (χ0v) is 15.0. The van der Waals surface area contributed by atoms with Gasteiger partial charge >= 0.3 is 5.97 Å². The first-order valence-corrected chi connectivity index (χ1v) is 8.95. The molecule has 1 aromatic rings. The Kier molecular flexibility index (Phi) is 9.15. The quantitative estimate of drug-likeness (QED) is 0.511. The Morgan fingerprint density at radius 2 is 2.24 bits per heavy atom. The molecule has 0 aromatic heterocycles. The lowest BCUT2D eigenvalue weighted by Crippen LogP contribution is -2.32. The van der Waals surface area contributed by atoms with Crippen molar-refractivity contribution in [3.63, 3.8) is 0 Å². The van der Waals surface area contributed by atoms with Crippen LogP contribution in [0.5, 0.6) is 5.75 Å². The average Bonchev–Trinajstić information content (AvgIpc) is 2.44. The topological polar surface area (TPSA) is 61.5 Å². The van der Waals surface area contributed by atoms with E-state index in [4.69, 9.17) is 26.8 Å². The maximum atomic E-state index is 11.3. The summed E-state index contributed by atoms with van der Waals surface area (Å²) in [5.74, 6) is 2.05. The summed E-state index contributed by atoms with van der Waals surface area (Å²) >= 11 is 10.9. The van der Waals surface area contributed by atoms with Crippen molar-refractivity contribution in [1.29, 1.82) is 0 Å². The second kappa shape index (κ2) is 10.3. The van der Waals surface area contributed by atoms with E-state index < -0.39 is 6.04 Å². The molecule has 0 heterocycles. The molecule has 21 heavy (non-hydrogen) atoms. The SMILES string of the molecule is CCOC(=O)C(N)CCSCCOc1ccc(Cl)cc1Br. The first-order valence-electron chi connectivity index (χ1n) is 6.62. The average molecular weight is 397 g/mol. The minimum Gasteiger partial charge on any atom is -0.492 e. The molecular formula is C14H19BrClNO3S. The van der Waals surface area contributed by atoms with E-state index in [1.807, 2.05) is 6.07 Å². The smallest absolute Gasteiger partial charge is 0.322 e. The molecule has 7 heteroatoms. The molecule has 0 saturated heterocycles. The van der Waals surface area contributed by atoms with Crippen molar-refractivity contribution in [1.82, 2.24) is 0 Å². The number of carbonyl (C=O) groups is 1. The summed E-state index contributed by atoms with van der Waals surface area (Å²) in [4.78, 5) is 11.3. The van der Waals surface area contributed by atoms with Crippen molar-refractivity contribution in [3.8, 4) is 5.75 Å². The van der Waals surface area contributed by atoms with E-state index in [2.05, 4.69) is 15.9 Å². The summed E-state index contributed by atoms with van der Waals surface area (Å²) in [7, 11) is 0. The van der Waals surface area contributed by atoms with E-state index in [1.54, 1.807) is 30.8 Å². The molecule has 1 unspecified atom stereocenters. The van der Waals surface area contributed by atoms with Gasteiger partial charge in [-0.15, -0.1) is 0 Å². The van der Waals surface area contributed by atoms with Crippen molar-refractivity contribution in [3.05, 3.63) is 27.7 Å². The third-order valence-electron chi connectivity index (χ3n) is 2.54. The van der Waals surface area contributed by atoms with Gasteiger partial charge in [0.25, 0.3) is 0 Å². The Morgan fingerprint density at radius 3 is 2.90 bits per heavy atom. The maximum absolute atomic E-state index is 11.3. The van der Waals surface area contributed by atoms with Crippen LogP contribution in [0.1, 0.15) is 13.3 Å². The highest BCUT2D eigenvalue weighted by molar-refractivity contribution is 9.10. The summed E-state index contributed by atoms with van der Waals surface area (Å²) in [6.07, 6.45) is 0.605. The number of hydrogen-bond acceptors (Lipinski definition) is 5. The van der Waals surface area contributed by atoms with Gasteiger partial charge < -0.3 is 15.2 Å². The molecule has 0 aliphatic rings. The third-order valence-corrected chi connectivity index (χ3v) is 4.38. The fourth-order valence-electron chi connectivity index (χ4n) is 1.48. The van der Waals surface area contributed by atoms with Gasteiger partial charge in [0.05, 0.1) is 17.7 Å². The summed E-state index contributed by atoms with van der Waals surface area (Å²) in [6.45, 7) is 2.72. The number of esters is 1. The fraction of sp³-hybridized carbons (Fsp3) is 0.500. The second-order valence-corrected chi connectivity index (χ2v) is 6.70. The lowest BCUT2D eigenvalue weighted by atomic mass is 10.2. The van der Waals surface area contributed by atoms with Crippen LogP contribution in [0, 0.1) is 0 Å². The molecule has 0 aliphatic carbocycles. The van der Waals surface area contributed by atoms with E-state index in [1.165, 1.54) is 0 Å². The molecule has 0 spiro atoms. The van der Waals surface area contributed by atoms with E-state index in [-0.39, 0.29) is 5.97 Å². The van der Waals surface area contributed by atoms with Gasteiger partial charge in [0, 0.05) is 10.8 Å². The Hall–Kier alpha value is -0.430. The standard InChI is InChI=1S/C14H19BrClNO3S/c1-2-19-14(18)12(17)5-7-21-8-6-20-13-4-3-10(16)9-11(13)15/h3-4,9,12H,2,5-8,17H2,1H3. The molecule has 1 aromatic carbocycles. The molecule has 1 atom stereocenters. The molecule has 0 aliphatic heterocycles. The number of ether oxygens (including phenoxy) is 2. The maximum Gasteiger partial charge on any atom is 0.322 e. The zero-order chi connectivity index (χ0) is 15.7. The minimum absolute atomic E-state index is 0.334. The Morgan fingerprint density at radius 1 is 1.48 bits per heavy atom. The number of thioether (sulfide) groups is 1. The van der Waals surface area contributed by atoms with Gasteiger partial charge in [-0.25, -0.2) is 0 Å². The van der Waals surface area contributed by atoms with E-state index in [9.17, 15) is 4.79 Å². The van der Waals surface area contributed by atoms with Crippen LogP contribution >= 0.6 is 39.3 Å².